The van der Waals surface area contributed by atoms with Crippen LogP contribution in [0.4, 0.5) is 18.0 Å². The molecule has 0 saturated heterocycles. The molecule has 1 aromatic carbocycles. The van der Waals surface area contributed by atoms with Crippen molar-refractivity contribution in [3.05, 3.63) is 47.2 Å². The largest absolute Gasteiger partial charge is 0.513 e. The van der Waals surface area contributed by atoms with Crippen molar-refractivity contribution in [2.45, 2.75) is 32.5 Å². The van der Waals surface area contributed by atoms with Crippen molar-refractivity contribution in [1.82, 2.24) is 4.90 Å². The van der Waals surface area contributed by atoms with Gasteiger partial charge in [0.1, 0.15) is 6.10 Å². The van der Waals surface area contributed by atoms with Gasteiger partial charge in [-0.05, 0) is 19.1 Å². The van der Waals surface area contributed by atoms with Gasteiger partial charge in [0, 0.05) is 26.0 Å². The van der Waals surface area contributed by atoms with Gasteiger partial charge in [-0.2, -0.15) is 13.2 Å². The van der Waals surface area contributed by atoms with E-state index in [9.17, 15) is 32.3 Å². The van der Waals surface area contributed by atoms with Gasteiger partial charge in [0.05, 0.1) is 17.7 Å². The second-order valence-electron chi connectivity index (χ2n) is 6.06. The molecule has 0 N–H and O–H groups in total. The van der Waals surface area contributed by atoms with Crippen molar-refractivity contribution in [3.63, 3.8) is 0 Å². The Hall–Kier alpha value is -3.37. The fourth-order valence-electron chi connectivity index (χ4n) is 2.68. The standard InChI is InChI=1S/C19H18F3NO7/c1-3-28-18(27)30-15(19(20,21)22)10-12(29-11(2)24)8-9-23-16(25)13-6-4-5-7-14(13)17(23)26/h4-7,10,12H,3,8-9H2,1-2H3/b15-10+. The molecule has 0 saturated carbocycles. The number of esters is 1. The SMILES string of the molecule is CCOC(=O)O/C(=C/C(CCN1C(=O)c2ccccc2C1=O)OC(C)=O)C(F)(F)F. The number of fused-ring (bicyclic) bond motifs is 1. The lowest BCUT2D eigenvalue weighted by Gasteiger charge is -2.20. The molecule has 1 aromatic rings. The van der Waals surface area contributed by atoms with Crippen LogP contribution in [0.5, 0.6) is 0 Å². The Kier molecular flexibility index (Phi) is 7.19. The molecule has 0 aliphatic carbocycles. The highest BCUT2D eigenvalue weighted by molar-refractivity contribution is 6.21. The molecule has 8 nitrogen and oxygen atoms in total. The van der Waals surface area contributed by atoms with Crippen LogP contribution < -0.4 is 0 Å². The zero-order chi connectivity index (χ0) is 22.5. The van der Waals surface area contributed by atoms with E-state index < -0.39 is 42.0 Å². The van der Waals surface area contributed by atoms with Gasteiger partial charge in [0.15, 0.2) is 0 Å². The maximum absolute atomic E-state index is 13.2. The van der Waals surface area contributed by atoms with Crippen LogP contribution in [-0.4, -0.2) is 54.3 Å². The monoisotopic (exact) mass is 429 g/mol. The first-order chi connectivity index (χ1) is 14.0. The smallest absolute Gasteiger partial charge is 0.458 e. The number of amides is 2. The highest BCUT2D eigenvalue weighted by Crippen LogP contribution is 2.29. The van der Waals surface area contributed by atoms with Gasteiger partial charge < -0.3 is 14.2 Å². The summed E-state index contributed by atoms with van der Waals surface area (Å²) in [5.41, 5.74) is 0.340. The zero-order valence-corrected chi connectivity index (χ0v) is 16.0. The second-order valence-corrected chi connectivity index (χ2v) is 6.06. The van der Waals surface area contributed by atoms with Crippen LogP contribution in [0.2, 0.25) is 0 Å². The summed E-state index contributed by atoms with van der Waals surface area (Å²) in [4.78, 5) is 48.1. The topological polar surface area (TPSA) is 99.2 Å². The van der Waals surface area contributed by atoms with E-state index in [2.05, 4.69) is 9.47 Å². The Balaban J connectivity index is 2.20. The predicted octanol–water partition coefficient (Wildman–Crippen LogP) is 3.22. The average molecular weight is 429 g/mol. The van der Waals surface area contributed by atoms with E-state index in [-0.39, 0.29) is 30.7 Å². The molecule has 0 fully saturated rings. The molecule has 1 aliphatic rings. The number of carbonyl (C=O) groups excluding carboxylic acids is 4. The van der Waals surface area contributed by atoms with E-state index in [1.807, 2.05) is 0 Å². The highest BCUT2D eigenvalue weighted by Gasteiger charge is 2.40. The van der Waals surface area contributed by atoms with E-state index in [0.29, 0.717) is 6.08 Å². The number of allylic oxidation sites excluding steroid dienone is 1. The summed E-state index contributed by atoms with van der Waals surface area (Å²) in [5.74, 6) is -3.87. The van der Waals surface area contributed by atoms with Gasteiger partial charge in [0.2, 0.25) is 5.76 Å². The molecule has 0 aromatic heterocycles. The van der Waals surface area contributed by atoms with E-state index in [0.717, 1.165) is 11.8 Å². The summed E-state index contributed by atoms with van der Waals surface area (Å²) in [7, 11) is 0. The van der Waals surface area contributed by atoms with E-state index in [1.165, 1.54) is 19.1 Å². The number of hydrogen-bond donors (Lipinski definition) is 0. The van der Waals surface area contributed by atoms with Gasteiger partial charge in [-0.15, -0.1) is 0 Å². The third kappa shape index (κ3) is 5.58. The summed E-state index contributed by atoms with van der Waals surface area (Å²) in [6.07, 6.45) is -8.16. The number of hydrogen-bond acceptors (Lipinski definition) is 7. The van der Waals surface area contributed by atoms with Crippen molar-refractivity contribution in [2.24, 2.45) is 0 Å². The summed E-state index contributed by atoms with van der Waals surface area (Å²) >= 11 is 0. The minimum atomic E-state index is -5.08. The molecule has 1 unspecified atom stereocenters. The lowest BCUT2D eigenvalue weighted by atomic mass is 10.1. The zero-order valence-electron chi connectivity index (χ0n) is 16.0. The quantitative estimate of drug-likeness (QED) is 0.373. The van der Waals surface area contributed by atoms with Gasteiger partial charge in [-0.25, -0.2) is 4.79 Å². The summed E-state index contributed by atoms with van der Waals surface area (Å²) in [6, 6.07) is 6.04. The summed E-state index contributed by atoms with van der Waals surface area (Å²) < 4.78 is 52.9. The molecule has 2 amide bonds. The van der Waals surface area contributed by atoms with Gasteiger partial charge >= 0.3 is 18.3 Å². The molecule has 1 heterocycles. The number of carbonyl (C=O) groups is 4. The lowest BCUT2D eigenvalue weighted by molar-refractivity contribution is -0.146. The first-order valence-corrected chi connectivity index (χ1v) is 8.80. The molecule has 0 radical (unpaired) electrons. The van der Waals surface area contributed by atoms with E-state index >= 15 is 0 Å². The molecule has 1 atom stereocenters. The van der Waals surface area contributed by atoms with Crippen molar-refractivity contribution in [3.8, 4) is 0 Å². The van der Waals surface area contributed by atoms with Crippen LogP contribution in [0, 0.1) is 0 Å². The van der Waals surface area contributed by atoms with E-state index in [1.54, 1.807) is 12.1 Å². The molecule has 2 rings (SSSR count). The molecule has 0 bridgehead atoms. The van der Waals surface area contributed by atoms with Crippen LogP contribution in [0.25, 0.3) is 0 Å². The van der Waals surface area contributed by atoms with Gasteiger partial charge in [-0.1, -0.05) is 12.1 Å². The molecule has 11 heteroatoms. The Morgan fingerprint density at radius 1 is 1.13 bits per heavy atom. The lowest BCUT2D eigenvalue weighted by Crippen LogP contribution is -2.33. The number of nitrogens with zero attached hydrogens (tertiary/aromatic N) is 1. The maximum Gasteiger partial charge on any atom is 0.513 e. The molecule has 30 heavy (non-hydrogen) atoms. The Bertz CT molecular complexity index is 844. The average Bonchev–Trinajstić information content (AvgIpc) is 2.89. The number of ether oxygens (including phenoxy) is 3. The van der Waals surface area contributed by atoms with Gasteiger partial charge in [0.25, 0.3) is 11.8 Å². The fourth-order valence-corrected chi connectivity index (χ4v) is 2.68. The second kappa shape index (κ2) is 9.42. The number of rotatable bonds is 7. The van der Waals surface area contributed by atoms with Crippen LogP contribution in [0.15, 0.2) is 36.1 Å². The van der Waals surface area contributed by atoms with Crippen LogP contribution in [0.1, 0.15) is 41.0 Å². The molecular weight excluding hydrogens is 411 g/mol. The van der Waals surface area contributed by atoms with Crippen molar-refractivity contribution in [1.29, 1.82) is 0 Å². The normalized spacial score (nSPS) is 15.0. The first-order valence-electron chi connectivity index (χ1n) is 8.80. The third-order valence-corrected chi connectivity index (χ3v) is 3.90. The van der Waals surface area contributed by atoms with Crippen LogP contribution in [0.3, 0.4) is 0 Å². The summed E-state index contributed by atoms with van der Waals surface area (Å²) in [6.45, 7) is 1.81. The van der Waals surface area contributed by atoms with Crippen molar-refractivity contribution in [2.75, 3.05) is 13.2 Å². The summed E-state index contributed by atoms with van der Waals surface area (Å²) in [5, 5.41) is 0. The van der Waals surface area contributed by atoms with Crippen molar-refractivity contribution >= 4 is 23.9 Å². The molecule has 162 valence electrons. The van der Waals surface area contributed by atoms with E-state index in [4.69, 9.17) is 4.74 Å². The Morgan fingerprint density at radius 3 is 2.17 bits per heavy atom. The highest BCUT2D eigenvalue weighted by atomic mass is 19.4. The molecular formula is C19H18F3NO7. The predicted molar refractivity (Wildman–Crippen MR) is 94.2 cm³/mol. The number of alkyl halides is 3. The number of imide groups is 1. The maximum atomic E-state index is 13.2. The Labute approximate surface area is 169 Å². The van der Waals surface area contributed by atoms with Crippen LogP contribution >= 0.6 is 0 Å². The third-order valence-electron chi connectivity index (χ3n) is 3.90. The Morgan fingerprint density at radius 2 is 1.70 bits per heavy atom. The molecule has 1 aliphatic heterocycles. The number of halogens is 3. The van der Waals surface area contributed by atoms with Crippen molar-refractivity contribution < 1.29 is 46.6 Å². The first kappa shape index (κ1) is 22.9. The fraction of sp³-hybridized carbons (Fsp3) is 0.368. The minimum absolute atomic E-state index is 0.170. The van der Waals surface area contributed by atoms with Crippen LogP contribution in [-0.2, 0) is 19.0 Å². The van der Waals surface area contributed by atoms with Gasteiger partial charge in [-0.3, -0.25) is 19.3 Å². The minimum Gasteiger partial charge on any atom is -0.458 e. The molecule has 0 spiro atoms. The number of benzene rings is 1.